The minimum absolute atomic E-state index is 0.0525. The molecular weight excluding hydrogens is 188 g/mol. The van der Waals surface area contributed by atoms with Crippen LogP contribution in [0.2, 0.25) is 0 Å². The summed E-state index contributed by atoms with van der Waals surface area (Å²) >= 11 is 0. The van der Waals surface area contributed by atoms with Crippen molar-refractivity contribution in [1.82, 2.24) is 0 Å². The van der Waals surface area contributed by atoms with E-state index in [0.29, 0.717) is 6.42 Å². The highest BCUT2D eigenvalue weighted by Gasteiger charge is 2.26. The molecular formula is C13H26O2. The molecule has 1 atom stereocenters. The summed E-state index contributed by atoms with van der Waals surface area (Å²) in [5.41, 5.74) is -0.423. The topological polar surface area (TPSA) is 26.3 Å². The normalized spacial score (nSPS) is 15.1. The fourth-order valence-electron chi connectivity index (χ4n) is 1.28. The Morgan fingerprint density at radius 2 is 1.60 bits per heavy atom. The molecule has 0 heterocycles. The molecule has 0 aromatic heterocycles. The van der Waals surface area contributed by atoms with Gasteiger partial charge in [-0.05, 0) is 27.2 Å². The molecule has 0 bridgehead atoms. The van der Waals surface area contributed by atoms with Crippen LogP contribution in [0, 0.1) is 5.41 Å². The number of ether oxygens (including phenoxy) is 1. The van der Waals surface area contributed by atoms with Crippen LogP contribution in [-0.2, 0) is 9.53 Å². The van der Waals surface area contributed by atoms with E-state index in [1.54, 1.807) is 0 Å². The first-order valence-electron chi connectivity index (χ1n) is 5.77. The lowest BCUT2D eigenvalue weighted by Crippen LogP contribution is -2.32. The fourth-order valence-corrected chi connectivity index (χ4v) is 1.28. The quantitative estimate of drug-likeness (QED) is 0.715. The summed E-state index contributed by atoms with van der Waals surface area (Å²) in [6.45, 7) is 14.0. The number of hydrogen-bond acceptors (Lipinski definition) is 2. The van der Waals surface area contributed by atoms with Gasteiger partial charge in [0, 0.05) is 11.8 Å². The van der Waals surface area contributed by atoms with Gasteiger partial charge in [0.1, 0.15) is 5.78 Å². The number of hydrogen-bond donors (Lipinski definition) is 0. The van der Waals surface area contributed by atoms with Crippen LogP contribution in [0.1, 0.15) is 61.3 Å². The highest BCUT2D eigenvalue weighted by molar-refractivity contribution is 5.84. The predicted octanol–water partition coefficient (Wildman–Crippen LogP) is 3.59. The van der Waals surface area contributed by atoms with E-state index in [1.807, 2.05) is 41.5 Å². The first-order valence-corrected chi connectivity index (χ1v) is 5.77. The molecule has 1 unspecified atom stereocenters. The van der Waals surface area contributed by atoms with Gasteiger partial charge in [-0.3, -0.25) is 4.79 Å². The highest BCUT2D eigenvalue weighted by Crippen LogP contribution is 2.22. The molecule has 0 amide bonds. The van der Waals surface area contributed by atoms with Gasteiger partial charge < -0.3 is 4.74 Å². The average Bonchev–Trinajstić information content (AvgIpc) is 1.98. The Hall–Kier alpha value is -0.370. The van der Waals surface area contributed by atoms with E-state index in [4.69, 9.17) is 4.74 Å². The maximum Gasteiger partial charge on any atom is 0.140 e. The molecule has 0 aliphatic heterocycles. The number of rotatable bonds is 4. The first kappa shape index (κ1) is 14.6. The van der Waals surface area contributed by atoms with E-state index < -0.39 is 0 Å². The minimum atomic E-state index is -0.255. The van der Waals surface area contributed by atoms with Crippen LogP contribution in [0.25, 0.3) is 0 Å². The van der Waals surface area contributed by atoms with Gasteiger partial charge in [0.15, 0.2) is 0 Å². The van der Waals surface area contributed by atoms with Crippen molar-refractivity contribution < 1.29 is 9.53 Å². The molecule has 0 saturated heterocycles. The summed E-state index contributed by atoms with van der Waals surface area (Å²) in [5, 5.41) is 0. The first-order chi connectivity index (χ1) is 6.56. The molecule has 15 heavy (non-hydrogen) atoms. The lowest BCUT2D eigenvalue weighted by atomic mass is 9.87. The number of carbonyl (C=O) groups is 1. The summed E-state index contributed by atoms with van der Waals surface area (Å²) in [6, 6.07) is 0. The number of Topliss-reactive ketones (excluding diaryl/α,β-unsaturated/α-hetero) is 1. The van der Waals surface area contributed by atoms with Gasteiger partial charge in [0.05, 0.1) is 11.7 Å². The summed E-state index contributed by atoms with van der Waals surface area (Å²) < 4.78 is 5.83. The van der Waals surface area contributed by atoms with Crippen LogP contribution in [0.3, 0.4) is 0 Å². The largest absolute Gasteiger partial charge is 0.372 e. The van der Waals surface area contributed by atoms with Crippen LogP contribution in [0.15, 0.2) is 0 Å². The van der Waals surface area contributed by atoms with Crippen molar-refractivity contribution in [2.24, 2.45) is 5.41 Å². The molecule has 0 saturated carbocycles. The zero-order chi connectivity index (χ0) is 12.3. The van der Waals surface area contributed by atoms with Crippen molar-refractivity contribution in [2.75, 3.05) is 0 Å². The monoisotopic (exact) mass is 214 g/mol. The average molecular weight is 214 g/mol. The van der Waals surface area contributed by atoms with Crippen LogP contribution in [0.5, 0.6) is 0 Å². The molecule has 0 N–H and O–H groups in total. The molecule has 0 aliphatic carbocycles. The lowest BCUT2D eigenvalue weighted by Gasteiger charge is -2.28. The summed E-state index contributed by atoms with van der Waals surface area (Å²) in [5.74, 6) is 0.276. The van der Waals surface area contributed by atoms with Crippen molar-refractivity contribution in [3.63, 3.8) is 0 Å². The molecule has 2 nitrogen and oxygen atoms in total. The third kappa shape index (κ3) is 6.67. The maximum atomic E-state index is 11.8. The highest BCUT2D eigenvalue weighted by atomic mass is 16.5. The Kier molecular flexibility index (Phi) is 4.98. The van der Waals surface area contributed by atoms with Gasteiger partial charge in [0.2, 0.25) is 0 Å². The van der Waals surface area contributed by atoms with Gasteiger partial charge in [-0.15, -0.1) is 0 Å². The van der Waals surface area contributed by atoms with Crippen LogP contribution in [-0.4, -0.2) is 17.5 Å². The third-order valence-electron chi connectivity index (χ3n) is 2.23. The molecule has 0 aromatic rings. The van der Waals surface area contributed by atoms with E-state index in [-0.39, 0.29) is 22.9 Å². The standard InChI is InChI=1S/C13H26O2/c1-8-10(15-13(5,6)7)9-11(14)12(2,3)4/h10H,8-9H2,1-7H3. The molecule has 0 aromatic carbocycles. The fraction of sp³-hybridized carbons (Fsp3) is 0.923. The van der Waals surface area contributed by atoms with Crippen molar-refractivity contribution in [2.45, 2.75) is 73.0 Å². The van der Waals surface area contributed by atoms with Crippen molar-refractivity contribution in [3.8, 4) is 0 Å². The van der Waals surface area contributed by atoms with E-state index >= 15 is 0 Å². The van der Waals surface area contributed by atoms with Gasteiger partial charge >= 0.3 is 0 Å². The Labute approximate surface area is 94.4 Å². The second-order valence-corrected chi connectivity index (χ2v) is 6.14. The smallest absolute Gasteiger partial charge is 0.140 e. The molecule has 0 rings (SSSR count). The van der Waals surface area contributed by atoms with Crippen molar-refractivity contribution >= 4 is 5.78 Å². The molecule has 2 heteroatoms. The van der Waals surface area contributed by atoms with Crippen LogP contribution >= 0.6 is 0 Å². The zero-order valence-electron chi connectivity index (χ0n) is 11.3. The maximum absolute atomic E-state index is 11.8. The Morgan fingerprint density at radius 1 is 1.13 bits per heavy atom. The van der Waals surface area contributed by atoms with E-state index in [2.05, 4.69) is 6.92 Å². The Morgan fingerprint density at radius 3 is 1.87 bits per heavy atom. The second-order valence-electron chi connectivity index (χ2n) is 6.14. The van der Waals surface area contributed by atoms with E-state index in [1.165, 1.54) is 0 Å². The van der Waals surface area contributed by atoms with E-state index in [0.717, 1.165) is 6.42 Å². The Balaban J connectivity index is 4.29. The van der Waals surface area contributed by atoms with Gasteiger partial charge in [-0.1, -0.05) is 27.7 Å². The Bertz CT molecular complexity index is 206. The van der Waals surface area contributed by atoms with Crippen molar-refractivity contribution in [3.05, 3.63) is 0 Å². The lowest BCUT2D eigenvalue weighted by molar-refractivity contribution is -0.132. The van der Waals surface area contributed by atoms with Gasteiger partial charge in [-0.25, -0.2) is 0 Å². The molecule has 0 spiro atoms. The molecule has 0 aliphatic rings. The molecule has 0 radical (unpaired) electrons. The van der Waals surface area contributed by atoms with Crippen molar-refractivity contribution in [1.29, 1.82) is 0 Å². The summed E-state index contributed by atoms with van der Waals surface area (Å²) in [4.78, 5) is 11.8. The minimum Gasteiger partial charge on any atom is -0.372 e. The number of ketones is 1. The van der Waals surface area contributed by atoms with Crippen LogP contribution in [0.4, 0.5) is 0 Å². The van der Waals surface area contributed by atoms with Crippen LogP contribution < -0.4 is 0 Å². The van der Waals surface area contributed by atoms with E-state index in [9.17, 15) is 4.79 Å². The van der Waals surface area contributed by atoms with Gasteiger partial charge in [0.25, 0.3) is 0 Å². The third-order valence-corrected chi connectivity index (χ3v) is 2.23. The van der Waals surface area contributed by atoms with Gasteiger partial charge in [-0.2, -0.15) is 0 Å². The predicted molar refractivity (Wildman–Crippen MR) is 64.0 cm³/mol. The SMILES string of the molecule is CCC(CC(=O)C(C)(C)C)OC(C)(C)C. The summed E-state index contributed by atoms with van der Waals surface area (Å²) in [6.07, 6.45) is 1.47. The molecule has 0 fully saturated rings. The number of carbonyl (C=O) groups excluding carboxylic acids is 1. The summed E-state index contributed by atoms with van der Waals surface area (Å²) in [7, 11) is 0. The zero-order valence-corrected chi connectivity index (χ0v) is 11.3. The second kappa shape index (κ2) is 5.11. The molecule has 90 valence electrons.